The second-order valence-corrected chi connectivity index (χ2v) is 3.89. The van der Waals surface area contributed by atoms with Gasteiger partial charge in [0.2, 0.25) is 0 Å². The molecule has 0 aromatic rings. The predicted octanol–water partition coefficient (Wildman–Crippen LogP) is 1.32. The van der Waals surface area contributed by atoms with Crippen molar-refractivity contribution >= 4 is 10.1 Å². The molecule has 0 aliphatic heterocycles. The molecule has 0 heterocycles. The summed E-state index contributed by atoms with van der Waals surface area (Å²) in [4.78, 5) is 0. The molecule has 11 heavy (non-hydrogen) atoms. The zero-order chi connectivity index (χ0) is 8.74. The Morgan fingerprint density at radius 2 is 2.00 bits per heavy atom. The van der Waals surface area contributed by atoms with E-state index in [0.29, 0.717) is 0 Å². The summed E-state index contributed by atoms with van der Waals surface area (Å²) in [5, 5.41) is 0. The molecule has 0 saturated heterocycles. The van der Waals surface area contributed by atoms with Crippen molar-refractivity contribution in [2.45, 2.75) is 19.8 Å². The van der Waals surface area contributed by atoms with E-state index >= 15 is 0 Å². The smallest absolute Gasteiger partial charge is 0.264 e. The van der Waals surface area contributed by atoms with Gasteiger partial charge in [0.15, 0.2) is 0 Å². The molecule has 4 heteroatoms. The van der Waals surface area contributed by atoms with Crippen molar-refractivity contribution in [1.82, 2.24) is 0 Å². The number of allylic oxidation sites excluding steroid dienone is 1. The molecule has 0 aromatic heterocycles. The standard InChI is InChI=1S/C7H14O3S/c1-3-4-5-6-7-10-11(2,8)9/h5-6H,3-4,7H2,1-2H3. The SMILES string of the molecule is CCCC=CCOS(C)(=O)=O. The fraction of sp³-hybridized carbons (Fsp3) is 0.714. The molecule has 0 spiro atoms. The highest BCUT2D eigenvalue weighted by Crippen LogP contribution is 1.90. The predicted molar refractivity (Wildman–Crippen MR) is 44.8 cm³/mol. The van der Waals surface area contributed by atoms with Crippen molar-refractivity contribution in [2.24, 2.45) is 0 Å². The van der Waals surface area contributed by atoms with Gasteiger partial charge < -0.3 is 0 Å². The van der Waals surface area contributed by atoms with E-state index in [0.717, 1.165) is 19.1 Å². The van der Waals surface area contributed by atoms with E-state index in [-0.39, 0.29) is 6.61 Å². The molecular weight excluding hydrogens is 164 g/mol. The zero-order valence-electron chi connectivity index (χ0n) is 6.91. The highest BCUT2D eigenvalue weighted by molar-refractivity contribution is 7.85. The van der Waals surface area contributed by atoms with E-state index in [9.17, 15) is 8.42 Å². The Kier molecular flexibility index (Phi) is 5.15. The number of hydrogen-bond acceptors (Lipinski definition) is 3. The highest BCUT2D eigenvalue weighted by Gasteiger charge is 1.96. The lowest BCUT2D eigenvalue weighted by Crippen LogP contribution is -2.01. The molecule has 0 unspecified atom stereocenters. The molecule has 0 radical (unpaired) electrons. The summed E-state index contributed by atoms with van der Waals surface area (Å²) in [7, 11) is -3.26. The first kappa shape index (κ1) is 10.7. The van der Waals surface area contributed by atoms with Gasteiger partial charge in [0.05, 0.1) is 12.9 Å². The molecule has 0 aliphatic rings. The van der Waals surface area contributed by atoms with Crippen molar-refractivity contribution in [3.8, 4) is 0 Å². The Morgan fingerprint density at radius 3 is 2.45 bits per heavy atom. The third-order valence-corrected chi connectivity index (χ3v) is 1.56. The second kappa shape index (κ2) is 5.32. The van der Waals surface area contributed by atoms with Gasteiger partial charge in [0, 0.05) is 0 Å². The molecular formula is C7H14O3S. The lowest BCUT2D eigenvalue weighted by molar-refractivity contribution is 0.361. The van der Waals surface area contributed by atoms with E-state index in [1.165, 1.54) is 0 Å². The van der Waals surface area contributed by atoms with Gasteiger partial charge >= 0.3 is 0 Å². The molecule has 66 valence electrons. The minimum absolute atomic E-state index is 0.152. The van der Waals surface area contributed by atoms with Gasteiger partial charge in [-0.2, -0.15) is 8.42 Å². The van der Waals surface area contributed by atoms with Crippen LogP contribution in [0.25, 0.3) is 0 Å². The third-order valence-electron chi connectivity index (χ3n) is 1.00. The average Bonchev–Trinajstić information content (AvgIpc) is 1.85. The van der Waals surface area contributed by atoms with Gasteiger partial charge in [-0.3, -0.25) is 4.18 Å². The van der Waals surface area contributed by atoms with E-state index in [4.69, 9.17) is 0 Å². The van der Waals surface area contributed by atoms with Crippen molar-refractivity contribution in [3.05, 3.63) is 12.2 Å². The Hall–Kier alpha value is -0.350. The molecule has 0 saturated carbocycles. The number of unbranched alkanes of at least 4 members (excludes halogenated alkanes) is 1. The first-order valence-electron chi connectivity index (χ1n) is 3.55. The molecule has 0 atom stereocenters. The van der Waals surface area contributed by atoms with Crippen LogP contribution in [0, 0.1) is 0 Å². The van der Waals surface area contributed by atoms with Gasteiger partial charge in [-0.15, -0.1) is 0 Å². The van der Waals surface area contributed by atoms with E-state index < -0.39 is 10.1 Å². The monoisotopic (exact) mass is 178 g/mol. The fourth-order valence-electron chi connectivity index (χ4n) is 0.515. The topological polar surface area (TPSA) is 43.4 Å². The maximum absolute atomic E-state index is 10.4. The van der Waals surface area contributed by atoms with Crippen LogP contribution in [0.5, 0.6) is 0 Å². The first-order chi connectivity index (χ1) is 5.06. The summed E-state index contributed by atoms with van der Waals surface area (Å²) in [5.41, 5.74) is 0. The van der Waals surface area contributed by atoms with Crippen LogP contribution in [-0.2, 0) is 14.3 Å². The van der Waals surface area contributed by atoms with Crippen LogP contribution in [0.15, 0.2) is 12.2 Å². The van der Waals surface area contributed by atoms with Crippen molar-refractivity contribution < 1.29 is 12.6 Å². The van der Waals surface area contributed by atoms with Crippen LogP contribution >= 0.6 is 0 Å². The molecule has 0 fully saturated rings. The van der Waals surface area contributed by atoms with Gasteiger partial charge in [0.25, 0.3) is 10.1 Å². The van der Waals surface area contributed by atoms with Crippen LogP contribution in [0.2, 0.25) is 0 Å². The summed E-state index contributed by atoms with van der Waals surface area (Å²) < 4.78 is 25.3. The molecule has 0 N–H and O–H groups in total. The average molecular weight is 178 g/mol. The Balaban J connectivity index is 3.42. The summed E-state index contributed by atoms with van der Waals surface area (Å²) in [6, 6.07) is 0. The molecule has 0 bridgehead atoms. The van der Waals surface area contributed by atoms with Crippen LogP contribution in [0.3, 0.4) is 0 Å². The highest BCUT2D eigenvalue weighted by atomic mass is 32.2. The van der Waals surface area contributed by atoms with Gasteiger partial charge in [-0.05, 0) is 6.42 Å². The lowest BCUT2D eigenvalue weighted by atomic mass is 10.3. The van der Waals surface area contributed by atoms with Crippen LogP contribution in [-0.4, -0.2) is 21.3 Å². The van der Waals surface area contributed by atoms with Crippen molar-refractivity contribution in [2.75, 3.05) is 12.9 Å². The Labute approximate surface area is 68.2 Å². The summed E-state index contributed by atoms with van der Waals surface area (Å²) in [6.45, 7) is 2.21. The fourth-order valence-corrected chi connectivity index (χ4v) is 0.841. The summed E-state index contributed by atoms with van der Waals surface area (Å²) >= 11 is 0. The van der Waals surface area contributed by atoms with Gasteiger partial charge in [-0.25, -0.2) is 0 Å². The van der Waals surface area contributed by atoms with E-state index in [1.54, 1.807) is 6.08 Å². The number of rotatable bonds is 5. The van der Waals surface area contributed by atoms with Crippen molar-refractivity contribution in [3.63, 3.8) is 0 Å². The van der Waals surface area contributed by atoms with Gasteiger partial charge in [0.1, 0.15) is 0 Å². The molecule has 0 rings (SSSR count). The minimum Gasteiger partial charge on any atom is -0.266 e. The summed E-state index contributed by atoms with van der Waals surface area (Å²) in [5.74, 6) is 0. The Bertz CT molecular complexity index is 204. The largest absolute Gasteiger partial charge is 0.266 e. The maximum Gasteiger partial charge on any atom is 0.264 e. The molecule has 0 aromatic carbocycles. The zero-order valence-corrected chi connectivity index (χ0v) is 7.73. The van der Waals surface area contributed by atoms with Crippen LogP contribution in [0.1, 0.15) is 19.8 Å². The van der Waals surface area contributed by atoms with Gasteiger partial charge in [-0.1, -0.05) is 25.5 Å². The normalized spacial score (nSPS) is 12.5. The van der Waals surface area contributed by atoms with Crippen LogP contribution < -0.4 is 0 Å². The van der Waals surface area contributed by atoms with Crippen LogP contribution in [0.4, 0.5) is 0 Å². The quantitative estimate of drug-likeness (QED) is 0.471. The summed E-state index contributed by atoms with van der Waals surface area (Å²) in [6.07, 6.45) is 6.69. The van der Waals surface area contributed by atoms with Crippen molar-refractivity contribution in [1.29, 1.82) is 0 Å². The maximum atomic E-state index is 10.4. The first-order valence-corrected chi connectivity index (χ1v) is 5.37. The third kappa shape index (κ3) is 9.65. The molecule has 3 nitrogen and oxygen atoms in total. The van der Waals surface area contributed by atoms with E-state index in [2.05, 4.69) is 11.1 Å². The minimum atomic E-state index is -3.26. The second-order valence-electron chi connectivity index (χ2n) is 2.25. The molecule has 0 amide bonds. The lowest BCUT2D eigenvalue weighted by Gasteiger charge is -1.93. The molecule has 0 aliphatic carbocycles. The Morgan fingerprint density at radius 1 is 1.36 bits per heavy atom. The van der Waals surface area contributed by atoms with E-state index in [1.807, 2.05) is 6.08 Å². The number of hydrogen-bond donors (Lipinski definition) is 0.